The lowest BCUT2D eigenvalue weighted by Gasteiger charge is -2.55. The van der Waals surface area contributed by atoms with Crippen LogP contribution in [-0.2, 0) is 5.41 Å². The second kappa shape index (κ2) is 9.39. The van der Waals surface area contributed by atoms with Crippen LogP contribution in [0, 0.1) is 11.6 Å². The summed E-state index contributed by atoms with van der Waals surface area (Å²) in [6.07, 6.45) is 0. The third-order valence-corrected chi connectivity index (χ3v) is 7.64. The van der Waals surface area contributed by atoms with E-state index in [1.54, 1.807) is 16.9 Å². The monoisotopic (exact) mass is 532 g/mol. The lowest BCUT2D eigenvalue weighted by molar-refractivity contribution is 0.0159. The first kappa shape index (κ1) is 24.9. The summed E-state index contributed by atoms with van der Waals surface area (Å²) in [4.78, 5) is 33.3. The molecule has 1 fully saturated rings. The number of aromatic nitrogens is 1. The Morgan fingerprint density at radius 3 is 2.33 bits per heavy atom. The Balaban J connectivity index is 1.37. The maximum Gasteiger partial charge on any atom is 0.321 e. The van der Waals surface area contributed by atoms with Crippen molar-refractivity contribution in [3.63, 3.8) is 0 Å². The lowest BCUT2D eigenvalue weighted by Crippen LogP contribution is -2.68. The zero-order chi connectivity index (χ0) is 27.3. The molecule has 0 bridgehead atoms. The van der Waals surface area contributed by atoms with Crippen molar-refractivity contribution in [2.75, 3.05) is 38.7 Å². The highest BCUT2D eigenvalue weighted by Crippen LogP contribution is 2.49. The van der Waals surface area contributed by atoms with Gasteiger partial charge < -0.3 is 29.9 Å². The summed E-state index contributed by atoms with van der Waals surface area (Å²) >= 11 is 0. The van der Waals surface area contributed by atoms with Crippen molar-refractivity contribution in [3.05, 3.63) is 95.2 Å². The zero-order valence-corrected chi connectivity index (χ0v) is 21.1. The number of aliphatic hydroxyl groups is 1. The van der Waals surface area contributed by atoms with E-state index in [1.165, 1.54) is 48.5 Å². The number of urea groups is 1. The molecule has 0 unspecified atom stereocenters. The SMILES string of the molecule is COc1ccc2c3c([nH]c2c1)[C@@H](CO)N(C(=O)c1ccc(F)cc1)CC31CN(C(=O)Nc2ccc(F)cc2)C1. The number of rotatable bonds is 4. The van der Waals surface area contributed by atoms with Crippen molar-refractivity contribution < 1.29 is 28.2 Å². The van der Waals surface area contributed by atoms with Crippen molar-refractivity contribution >= 4 is 28.5 Å². The Kier molecular flexibility index (Phi) is 5.99. The number of likely N-dealkylation sites (tertiary alicyclic amines) is 1. The van der Waals surface area contributed by atoms with Crippen LogP contribution in [-0.4, -0.2) is 65.2 Å². The number of fused-ring (bicyclic) bond motifs is 4. The highest BCUT2D eigenvalue weighted by atomic mass is 19.1. The molecule has 39 heavy (non-hydrogen) atoms. The largest absolute Gasteiger partial charge is 0.497 e. The maximum absolute atomic E-state index is 13.7. The van der Waals surface area contributed by atoms with Crippen LogP contribution in [0.2, 0.25) is 0 Å². The summed E-state index contributed by atoms with van der Waals surface area (Å²) in [5, 5.41) is 14.2. The standard InChI is InChI=1S/C29H26F2N4O4/c1-39-21-10-11-22-23(12-21)33-26-24(13-36)35(27(37)17-2-4-18(30)5-3-17)16-29(25(22)26)14-34(15-29)28(38)32-20-8-6-19(31)7-9-20/h2-12,24,33,36H,13-16H2,1H3,(H,32,38)/t24-/m1/s1. The van der Waals surface area contributed by atoms with Gasteiger partial charge in [0.15, 0.2) is 0 Å². The molecule has 0 aliphatic carbocycles. The molecular formula is C29H26F2N4O4. The molecule has 2 aliphatic rings. The number of methoxy groups -OCH3 is 1. The van der Waals surface area contributed by atoms with Crippen molar-refractivity contribution in [1.29, 1.82) is 0 Å². The number of hydrogen-bond donors (Lipinski definition) is 3. The van der Waals surface area contributed by atoms with E-state index in [9.17, 15) is 23.5 Å². The predicted octanol–water partition coefficient (Wildman–Crippen LogP) is 4.43. The fraction of sp³-hybridized carbons (Fsp3) is 0.241. The molecule has 3 N–H and O–H groups in total. The van der Waals surface area contributed by atoms with Gasteiger partial charge in [-0.25, -0.2) is 13.6 Å². The van der Waals surface area contributed by atoms with E-state index in [1.807, 2.05) is 18.2 Å². The van der Waals surface area contributed by atoms with Crippen molar-refractivity contribution in [1.82, 2.24) is 14.8 Å². The molecule has 0 radical (unpaired) electrons. The van der Waals surface area contributed by atoms with E-state index >= 15 is 0 Å². The fourth-order valence-electron chi connectivity index (χ4n) is 5.80. The van der Waals surface area contributed by atoms with Crippen LogP contribution in [0.5, 0.6) is 5.75 Å². The lowest BCUT2D eigenvalue weighted by atomic mass is 9.68. The number of aliphatic hydroxyl groups excluding tert-OH is 1. The van der Waals surface area contributed by atoms with Gasteiger partial charge in [0.05, 0.1) is 25.2 Å². The van der Waals surface area contributed by atoms with Gasteiger partial charge in [-0.15, -0.1) is 0 Å². The Labute approximate surface area is 222 Å². The number of carbonyl (C=O) groups is 2. The van der Waals surface area contributed by atoms with Gasteiger partial charge >= 0.3 is 6.03 Å². The Morgan fingerprint density at radius 1 is 1.03 bits per heavy atom. The second-order valence-electron chi connectivity index (χ2n) is 10.0. The number of nitrogens with zero attached hydrogens (tertiary/aromatic N) is 2. The number of anilines is 1. The molecule has 1 aromatic heterocycles. The molecule has 1 atom stereocenters. The van der Waals surface area contributed by atoms with Gasteiger partial charge in [0.1, 0.15) is 17.4 Å². The summed E-state index contributed by atoms with van der Waals surface area (Å²) in [5.74, 6) is -0.534. The minimum absolute atomic E-state index is 0.251. The minimum atomic E-state index is -0.663. The predicted molar refractivity (Wildman–Crippen MR) is 141 cm³/mol. The van der Waals surface area contributed by atoms with Gasteiger partial charge in [0.2, 0.25) is 0 Å². The third kappa shape index (κ3) is 4.17. The van der Waals surface area contributed by atoms with Gasteiger partial charge in [-0.3, -0.25) is 4.79 Å². The average Bonchev–Trinajstić information content (AvgIpc) is 3.31. The summed E-state index contributed by atoms with van der Waals surface area (Å²) in [6, 6.07) is 15.5. The topological polar surface area (TPSA) is 97.9 Å². The number of aromatic amines is 1. The van der Waals surface area contributed by atoms with E-state index in [0.717, 1.165) is 16.5 Å². The molecule has 3 heterocycles. The van der Waals surface area contributed by atoms with Gasteiger partial charge in [-0.2, -0.15) is 0 Å². The van der Waals surface area contributed by atoms with Crippen molar-refractivity contribution in [2.45, 2.75) is 11.5 Å². The number of nitrogens with one attached hydrogen (secondary N) is 2. The molecule has 10 heteroatoms. The fourth-order valence-corrected chi connectivity index (χ4v) is 5.80. The normalized spacial score (nSPS) is 17.6. The quantitative estimate of drug-likeness (QED) is 0.362. The highest BCUT2D eigenvalue weighted by molar-refractivity contribution is 5.96. The Morgan fingerprint density at radius 2 is 1.69 bits per heavy atom. The molecule has 1 spiro atoms. The number of carbonyl (C=O) groups excluding carboxylic acids is 2. The highest BCUT2D eigenvalue weighted by Gasteiger charge is 2.55. The second-order valence-corrected chi connectivity index (χ2v) is 10.0. The number of hydrogen-bond acceptors (Lipinski definition) is 4. The van der Waals surface area contributed by atoms with E-state index in [0.29, 0.717) is 35.8 Å². The molecule has 200 valence electrons. The molecule has 8 nitrogen and oxygen atoms in total. The van der Waals surface area contributed by atoms with Gasteiger partial charge in [-0.05, 0) is 66.2 Å². The van der Waals surface area contributed by atoms with E-state index in [4.69, 9.17) is 4.74 Å². The van der Waals surface area contributed by atoms with Gasteiger partial charge in [-0.1, -0.05) is 0 Å². The molecule has 1 saturated heterocycles. The first-order valence-corrected chi connectivity index (χ1v) is 12.5. The summed E-state index contributed by atoms with van der Waals surface area (Å²) in [5.41, 5.74) is 2.61. The first-order chi connectivity index (χ1) is 18.8. The van der Waals surface area contributed by atoms with E-state index in [2.05, 4.69) is 10.3 Å². The number of amides is 3. The molecule has 2 aliphatic heterocycles. The van der Waals surface area contributed by atoms with E-state index in [-0.39, 0.29) is 25.1 Å². The first-order valence-electron chi connectivity index (χ1n) is 12.5. The van der Waals surface area contributed by atoms with Crippen LogP contribution >= 0.6 is 0 Å². The molecular weight excluding hydrogens is 506 g/mol. The van der Waals surface area contributed by atoms with Crippen LogP contribution in [0.15, 0.2) is 66.7 Å². The molecule has 4 aromatic rings. The van der Waals surface area contributed by atoms with Crippen LogP contribution < -0.4 is 10.1 Å². The van der Waals surface area contributed by atoms with Gasteiger partial charge in [0, 0.05) is 53.5 Å². The number of H-pyrrole nitrogens is 1. The van der Waals surface area contributed by atoms with Crippen LogP contribution in [0.4, 0.5) is 19.3 Å². The number of ether oxygens (including phenoxy) is 1. The number of halogens is 2. The third-order valence-electron chi connectivity index (χ3n) is 7.64. The van der Waals surface area contributed by atoms with Crippen molar-refractivity contribution in [3.8, 4) is 5.75 Å². The number of benzene rings is 3. The zero-order valence-electron chi connectivity index (χ0n) is 21.1. The summed E-state index contributed by atoms with van der Waals surface area (Å²) < 4.78 is 32.2. The minimum Gasteiger partial charge on any atom is -0.497 e. The molecule has 3 aromatic carbocycles. The summed E-state index contributed by atoms with van der Waals surface area (Å²) in [7, 11) is 1.58. The molecule has 3 amide bonds. The van der Waals surface area contributed by atoms with Gasteiger partial charge in [0.25, 0.3) is 5.91 Å². The Hall–Kier alpha value is -4.44. The Bertz CT molecular complexity index is 1560. The van der Waals surface area contributed by atoms with Crippen LogP contribution in [0.1, 0.15) is 27.7 Å². The molecule has 0 saturated carbocycles. The summed E-state index contributed by atoms with van der Waals surface area (Å²) in [6.45, 7) is 0.560. The van der Waals surface area contributed by atoms with E-state index < -0.39 is 23.1 Å². The van der Waals surface area contributed by atoms with Crippen molar-refractivity contribution in [2.24, 2.45) is 0 Å². The van der Waals surface area contributed by atoms with Crippen LogP contribution in [0.3, 0.4) is 0 Å². The maximum atomic E-state index is 13.7. The van der Waals surface area contributed by atoms with Crippen LogP contribution in [0.25, 0.3) is 10.9 Å². The average molecular weight is 533 g/mol. The smallest absolute Gasteiger partial charge is 0.321 e. The molecule has 6 rings (SSSR count).